The van der Waals surface area contributed by atoms with Gasteiger partial charge in [-0.25, -0.2) is 4.68 Å². The second kappa shape index (κ2) is 6.64. The van der Waals surface area contributed by atoms with Gasteiger partial charge in [0, 0.05) is 13.1 Å². The van der Waals surface area contributed by atoms with Gasteiger partial charge in [-0.05, 0) is 24.6 Å². The van der Waals surface area contributed by atoms with Gasteiger partial charge in [-0.2, -0.15) is 5.10 Å². The SMILES string of the molecule is COc1ccc(Cn2nnc3c(C)nnc(N4CCOCC4)c32)cc1. The van der Waals surface area contributed by atoms with Crippen molar-refractivity contribution in [3.05, 3.63) is 35.5 Å². The highest BCUT2D eigenvalue weighted by atomic mass is 16.5. The van der Waals surface area contributed by atoms with Gasteiger partial charge >= 0.3 is 0 Å². The zero-order chi connectivity index (χ0) is 17.2. The first-order valence-electron chi connectivity index (χ1n) is 8.28. The fourth-order valence-corrected chi connectivity index (χ4v) is 3.00. The summed E-state index contributed by atoms with van der Waals surface area (Å²) in [6, 6.07) is 7.95. The molecule has 25 heavy (non-hydrogen) atoms. The molecule has 1 fully saturated rings. The van der Waals surface area contributed by atoms with Crippen LogP contribution in [0.1, 0.15) is 11.3 Å². The number of rotatable bonds is 4. The minimum Gasteiger partial charge on any atom is -0.497 e. The first kappa shape index (κ1) is 15.8. The summed E-state index contributed by atoms with van der Waals surface area (Å²) < 4.78 is 12.6. The summed E-state index contributed by atoms with van der Waals surface area (Å²) in [7, 11) is 1.66. The number of hydrogen-bond acceptors (Lipinski definition) is 7. The fraction of sp³-hybridized carbons (Fsp3) is 0.412. The highest BCUT2D eigenvalue weighted by Gasteiger charge is 2.21. The van der Waals surface area contributed by atoms with Crippen LogP contribution in [-0.2, 0) is 11.3 Å². The first-order valence-corrected chi connectivity index (χ1v) is 8.28. The van der Waals surface area contributed by atoms with Crippen molar-refractivity contribution < 1.29 is 9.47 Å². The monoisotopic (exact) mass is 340 g/mol. The van der Waals surface area contributed by atoms with Gasteiger partial charge in [0.2, 0.25) is 0 Å². The van der Waals surface area contributed by atoms with Crippen molar-refractivity contribution in [1.82, 2.24) is 25.2 Å². The molecule has 1 aromatic carbocycles. The Morgan fingerprint density at radius 2 is 1.84 bits per heavy atom. The summed E-state index contributed by atoms with van der Waals surface area (Å²) in [6.45, 7) is 5.49. The summed E-state index contributed by atoms with van der Waals surface area (Å²) in [4.78, 5) is 2.19. The molecule has 0 spiro atoms. The second-order valence-electron chi connectivity index (χ2n) is 6.00. The van der Waals surface area contributed by atoms with Gasteiger partial charge in [0.05, 0.1) is 32.6 Å². The molecule has 0 saturated carbocycles. The molecule has 3 aromatic rings. The third kappa shape index (κ3) is 3.00. The molecule has 8 nitrogen and oxygen atoms in total. The van der Waals surface area contributed by atoms with Crippen molar-refractivity contribution in [2.45, 2.75) is 13.5 Å². The lowest BCUT2D eigenvalue weighted by atomic mass is 10.2. The first-order chi connectivity index (χ1) is 12.3. The van der Waals surface area contributed by atoms with Crippen LogP contribution in [0, 0.1) is 6.92 Å². The van der Waals surface area contributed by atoms with Crippen LogP contribution in [0.25, 0.3) is 11.0 Å². The van der Waals surface area contributed by atoms with Gasteiger partial charge in [-0.3, -0.25) is 0 Å². The standard InChI is InChI=1S/C17H20N6O2/c1-12-15-16(17(20-18-12)22-7-9-25-10-8-22)23(21-19-15)11-13-3-5-14(24-2)6-4-13/h3-6H,7-11H2,1-2H3. The molecular formula is C17H20N6O2. The lowest BCUT2D eigenvalue weighted by Crippen LogP contribution is -2.37. The van der Waals surface area contributed by atoms with Crippen LogP contribution < -0.4 is 9.64 Å². The summed E-state index contributed by atoms with van der Waals surface area (Å²) in [5, 5.41) is 17.4. The highest BCUT2D eigenvalue weighted by Crippen LogP contribution is 2.25. The Hall–Kier alpha value is -2.74. The van der Waals surface area contributed by atoms with Crippen LogP contribution >= 0.6 is 0 Å². The number of aromatic nitrogens is 5. The molecule has 0 N–H and O–H groups in total. The number of anilines is 1. The lowest BCUT2D eigenvalue weighted by Gasteiger charge is -2.27. The van der Waals surface area contributed by atoms with Crippen LogP contribution in [0.4, 0.5) is 5.82 Å². The topological polar surface area (TPSA) is 78.2 Å². The minimum absolute atomic E-state index is 0.614. The number of ether oxygens (including phenoxy) is 2. The second-order valence-corrected chi connectivity index (χ2v) is 6.00. The number of methoxy groups -OCH3 is 1. The van der Waals surface area contributed by atoms with Crippen LogP contribution in [0.3, 0.4) is 0 Å². The molecule has 0 amide bonds. The number of aryl methyl sites for hydroxylation is 1. The Morgan fingerprint density at radius 1 is 1.08 bits per heavy atom. The lowest BCUT2D eigenvalue weighted by molar-refractivity contribution is 0.122. The van der Waals surface area contributed by atoms with E-state index in [4.69, 9.17) is 9.47 Å². The summed E-state index contributed by atoms with van der Waals surface area (Å²) in [5.74, 6) is 1.66. The van der Waals surface area contributed by atoms with Crippen molar-refractivity contribution in [3.63, 3.8) is 0 Å². The van der Waals surface area contributed by atoms with Crippen molar-refractivity contribution in [3.8, 4) is 5.75 Å². The Morgan fingerprint density at radius 3 is 2.56 bits per heavy atom. The quantitative estimate of drug-likeness (QED) is 0.711. The number of fused-ring (bicyclic) bond motifs is 1. The summed E-state index contributed by atoms with van der Waals surface area (Å²) in [6.07, 6.45) is 0. The van der Waals surface area contributed by atoms with E-state index in [1.54, 1.807) is 7.11 Å². The summed E-state index contributed by atoms with van der Waals surface area (Å²) >= 11 is 0. The van der Waals surface area contributed by atoms with Crippen LogP contribution in [0.15, 0.2) is 24.3 Å². The molecule has 1 aliphatic rings. The normalized spacial score (nSPS) is 14.9. The van der Waals surface area contributed by atoms with Crippen LogP contribution in [0.2, 0.25) is 0 Å². The summed E-state index contributed by atoms with van der Waals surface area (Å²) in [5.41, 5.74) is 3.62. The molecule has 3 heterocycles. The smallest absolute Gasteiger partial charge is 0.179 e. The average molecular weight is 340 g/mol. The van der Waals surface area contributed by atoms with E-state index in [1.807, 2.05) is 35.9 Å². The third-order valence-electron chi connectivity index (χ3n) is 4.39. The Balaban J connectivity index is 1.74. The van der Waals surface area contributed by atoms with E-state index in [0.717, 1.165) is 46.9 Å². The van der Waals surface area contributed by atoms with E-state index in [-0.39, 0.29) is 0 Å². The zero-order valence-electron chi connectivity index (χ0n) is 14.3. The maximum absolute atomic E-state index is 5.45. The Labute approximate surface area is 145 Å². The van der Waals surface area contributed by atoms with Gasteiger partial charge in [0.15, 0.2) is 5.82 Å². The Kier molecular flexibility index (Phi) is 4.19. The fourth-order valence-electron chi connectivity index (χ4n) is 3.00. The molecule has 0 aliphatic carbocycles. The van der Waals surface area contributed by atoms with Crippen molar-refractivity contribution >= 4 is 16.9 Å². The average Bonchev–Trinajstić information content (AvgIpc) is 3.08. The largest absolute Gasteiger partial charge is 0.497 e. The van der Waals surface area contributed by atoms with Gasteiger partial charge in [-0.15, -0.1) is 10.2 Å². The molecule has 1 aliphatic heterocycles. The van der Waals surface area contributed by atoms with Gasteiger partial charge < -0.3 is 14.4 Å². The predicted molar refractivity (Wildman–Crippen MR) is 93.0 cm³/mol. The number of nitrogens with zero attached hydrogens (tertiary/aromatic N) is 6. The van der Waals surface area contributed by atoms with E-state index < -0.39 is 0 Å². The van der Waals surface area contributed by atoms with Crippen LogP contribution in [0.5, 0.6) is 5.75 Å². The predicted octanol–water partition coefficient (Wildman–Crippen LogP) is 1.42. The van der Waals surface area contributed by atoms with Gasteiger partial charge in [-0.1, -0.05) is 17.3 Å². The Bertz CT molecular complexity index is 871. The molecule has 0 atom stereocenters. The molecule has 0 unspecified atom stereocenters. The molecule has 0 radical (unpaired) electrons. The van der Waals surface area contributed by atoms with Crippen molar-refractivity contribution in [2.24, 2.45) is 0 Å². The maximum atomic E-state index is 5.45. The van der Waals surface area contributed by atoms with Gasteiger partial charge in [0.25, 0.3) is 0 Å². The van der Waals surface area contributed by atoms with E-state index in [0.29, 0.717) is 19.8 Å². The van der Waals surface area contributed by atoms with E-state index in [9.17, 15) is 0 Å². The van der Waals surface area contributed by atoms with E-state index >= 15 is 0 Å². The number of morpholine rings is 1. The van der Waals surface area contributed by atoms with E-state index in [2.05, 4.69) is 25.4 Å². The molecule has 4 rings (SSSR count). The molecule has 1 saturated heterocycles. The van der Waals surface area contributed by atoms with Gasteiger partial charge in [0.1, 0.15) is 16.8 Å². The van der Waals surface area contributed by atoms with Crippen molar-refractivity contribution in [2.75, 3.05) is 38.3 Å². The molecule has 2 aromatic heterocycles. The van der Waals surface area contributed by atoms with E-state index in [1.165, 1.54) is 0 Å². The molecule has 8 heteroatoms. The third-order valence-corrected chi connectivity index (χ3v) is 4.39. The molecular weight excluding hydrogens is 320 g/mol. The zero-order valence-corrected chi connectivity index (χ0v) is 14.3. The minimum atomic E-state index is 0.614. The van der Waals surface area contributed by atoms with Crippen molar-refractivity contribution in [1.29, 1.82) is 0 Å². The van der Waals surface area contributed by atoms with Crippen LogP contribution in [-0.4, -0.2) is 58.6 Å². The highest BCUT2D eigenvalue weighted by molar-refractivity contribution is 5.87. The maximum Gasteiger partial charge on any atom is 0.179 e. The molecule has 0 bridgehead atoms. The molecule has 130 valence electrons. The number of hydrogen-bond donors (Lipinski definition) is 0. The number of benzene rings is 1.